The topological polar surface area (TPSA) is 118 Å². The van der Waals surface area contributed by atoms with Crippen molar-refractivity contribution in [2.24, 2.45) is 5.73 Å². The van der Waals surface area contributed by atoms with Crippen LogP contribution in [0.2, 0.25) is 0 Å². The van der Waals surface area contributed by atoms with Gasteiger partial charge in [-0.3, -0.25) is 9.36 Å². The normalized spacial score (nSPS) is 10.6. The van der Waals surface area contributed by atoms with Crippen LogP contribution in [0.3, 0.4) is 0 Å². The number of nitrogens with one attached hydrogen (secondary N) is 1. The van der Waals surface area contributed by atoms with E-state index >= 15 is 0 Å². The number of fused-ring (bicyclic) bond motifs is 1. The van der Waals surface area contributed by atoms with E-state index in [2.05, 4.69) is 4.98 Å². The number of nitrogens with two attached hydrogens (primary N) is 1. The van der Waals surface area contributed by atoms with E-state index in [1.165, 1.54) is 18.2 Å². The molecule has 88 valence electrons. The molecule has 0 aliphatic carbocycles. The predicted octanol–water partition coefficient (Wildman–Crippen LogP) is -0.487. The Hall–Kier alpha value is -2.57. The number of imidazole rings is 1. The number of primary amides is 1. The van der Waals surface area contributed by atoms with Crippen molar-refractivity contribution in [2.45, 2.75) is 6.54 Å². The van der Waals surface area contributed by atoms with Gasteiger partial charge in [-0.05, 0) is 18.2 Å². The standard InChI is InChI=1S/C10H9N3O4/c11-8(14)4-13-7-3-5(9(15)16)1-2-6(7)12-10(13)17/h1-3H,4H2,(H2,11,14)(H,12,17)(H,15,16). The summed E-state index contributed by atoms with van der Waals surface area (Å²) in [6.45, 7) is -0.290. The van der Waals surface area contributed by atoms with Crippen LogP contribution in [0.5, 0.6) is 0 Å². The number of hydrogen-bond donors (Lipinski definition) is 3. The Morgan fingerprint density at radius 2 is 2.12 bits per heavy atom. The van der Waals surface area contributed by atoms with Crippen molar-refractivity contribution in [2.75, 3.05) is 0 Å². The van der Waals surface area contributed by atoms with Crippen LogP contribution in [0.25, 0.3) is 11.0 Å². The third-order valence-electron chi connectivity index (χ3n) is 2.34. The first-order valence-corrected chi connectivity index (χ1v) is 4.73. The summed E-state index contributed by atoms with van der Waals surface area (Å²) >= 11 is 0. The zero-order chi connectivity index (χ0) is 12.6. The van der Waals surface area contributed by atoms with Crippen LogP contribution < -0.4 is 11.4 Å². The Balaban J connectivity index is 2.69. The van der Waals surface area contributed by atoms with Crippen LogP contribution in [0.4, 0.5) is 0 Å². The van der Waals surface area contributed by atoms with Crippen molar-refractivity contribution in [3.8, 4) is 0 Å². The number of benzene rings is 1. The number of aromatic amines is 1. The van der Waals surface area contributed by atoms with Gasteiger partial charge < -0.3 is 15.8 Å². The molecule has 2 aromatic rings. The fraction of sp³-hybridized carbons (Fsp3) is 0.100. The number of carboxylic acid groups (broad SMARTS) is 1. The van der Waals surface area contributed by atoms with Gasteiger partial charge >= 0.3 is 11.7 Å². The monoisotopic (exact) mass is 235 g/mol. The molecule has 1 aromatic carbocycles. The molecule has 17 heavy (non-hydrogen) atoms. The Labute approximate surface area is 94.5 Å². The second kappa shape index (κ2) is 3.78. The maximum Gasteiger partial charge on any atom is 0.335 e. The van der Waals surface area contributed by atoms with Gasteiger partial charge in [0.05, 0.1) is 16.6 Å². The molecular formula is C10H9N3O4. The van der Waals surface area contributed by atoms with Gasteiger partial charge in [0.1, 0.15) is 6.54 Å². The van der Waals surface area contributed by atoms with Crippen molar-refractivity contribution in [1.29, 1.82) is 0 Å². The Morgan fingerprint density at radius 3 is 2.71 bits per heavy atom. The maximum absolute atomic E-state index is 11.5. The molecule has 0 saturated heterocycles. The van der Waals surface area contributed by atoms with Gasteiger partial charge in [-0.2, -0.15) is 0 Å². The molecule has 0 atom stereocenters. The van der Waals surface area contributed by atoms with E-state index in [0.29, 0.717) is 11.0 Å². The molecule has 0 spiro atoms. The number of H-pyrrole nitrogens is 1. The lowest BCUT2D eigenvalue weighted by molar-refractivity contribution is -0.118. The number of aromatic carboxylic acids is 1. The van der Waals surface area contributed by atoms with E-state index in [-0.39, 0.29) is 12.1 Å². The van der Waals surface area contributed by atoms with Gasteiger partial charge in [-0.25, -0.2) is 9.59 Å². The molecule has 0 fully saturated rings. The summed E-state index contributed by atoms with van der Waals surface area (Å²) < 4.78 is 1.10. The lowest BCUT2D eigenvalue weighted by Crippen LogP contribution is -2.26. The molecule has 7 nitrogen and oxygen atoms in total. The molecule has 7 heteroatoms. The summed E-state index contributed by atoms with van der Waals surface area (Å²) in [6, 6.07) is 4.16. The minimum atomic E-state index is -1.11. The lowest BCUT2D eigenvalue weighted by atomic mass is 10.2. The largest absolute Gasteiger partial charge is 0.478 e. The van der Waals surface area contributed by atoms with Crippen LogP contribution in [-0.4, -0.2) is 26.5 Å². The zero-order valence-electron chi connectivity index (χ0n) is 8.64. The molecule has 0 radical (unpaired) electrons. The molecular weight excluding hydrogens is 226 g/mol. The first kappa shape index (κ1) is 10.9. The number of carbonyl (C=O) groups is 2. The fourth-order valence-corrected chi connectivity index (χ4v) is 1.60. The van der Waals surface area contributed by atoms with Crippen molar-refractivity contribution >= 4 is 22.9 Å². The maximum atomic E-state index is 11.5. The Kier molecular flexibility index (Phi) is 2.43. The van der Waals surface area contributed by atoms with Crippen LogP contribution in [0, 0.1) is 0 Å². The van der Waals surface area contributed by atoms with Crippen molar-refractivity contribution in [3.63, 3.8) is 0 Å². The zero-order valence-corrected chi connectivity index (χ0v) is 8.64. The Bertz CT molecular complexity index is 668. The van der Waals surface area contributed by atoms with Gasteiger partial charge in [0.2, 0.25) is 5.91 Å². The smallest absolute Gasteiger partial charge is 0.335 e. The number of rotatable bonds is 3. The predicted molar refractivity (Wildman–Crippen MR) is 58.7 cm³/mol. The molecule has 4 N–H and O–H groups in total. The molecule has 0 saturated carbocycles. The van der Waals surface area contributed by atoms with E-state index in [0.717, 1.165) is 4.57 Å². The molecule has 1 amide bonds. The summed E-state index contributed by atoms with van der Waals surface area (Å²) in [5.74, 6) is -1.78. The third kappa shape index (κ3) is 1.89. The highest BCUT2D eigenvalue weighted by molar-refractivity contribution is 5.92. The molecule has 0 aliphatic heterocycles. The van der Waals surface area contributed by atoms with E-state index in [4.69, 9.17) is 10.8 Å². The number of aromatic nitrogens is 2. The molecule has 0 bridgehead atoms. The van der Waals surface area contributed by atoms with Gasteiger partial charge in [-0.15, -0.1) is 0 Å². The molecule has 0 unspecified atom stereocenters. The van der Waals surface area contributed by atoms with E-state index < -0.39 is 17.6 Å². The molecule has 1 aromatic heterocycles. The first-order chi connectivity index (χ1) is 7.99. The number of carbonyl (C=O) groups excluding carboxylic acids is 1. The summed E-state index contributed by atoms with van der Waals surface area (Å²) in [4.78, 5) is 35.6. The van der Waals surface area contributed by atoms with Crippen molar-refractivity contribution in [3.05, 3.63) is 34.2 Å². The highest BCUT2D eigenvalue weighted by Crippen LogP contribution is 2.12. The van der Waals surface area contributed by atoms with E-state index in [9.17, 15) is 14.4 Å². The van der Waals surface area contributed by atoms with E-state index in [1.54, 1.807) is 0 Å². The molecule has 1 heterocycles. The molecule has 2 rings (SSSR count). The number of carboxylic acids is 1. The minimum Gasteiger partial charge on any atom is -0.478 e. The Morgan fingerprint density at radius 1 is 1.41 bits per heavy atom. The number of nitrogens with zero attached hydrogens (tertiary/aromatic N) is 1. The summed E-state index contributed by atoms with van der Waals surface area (Å²) in [7, 11) is 0. The second-order valence-electron chi connectivity index (χ2n) is 3.52. The highest BCUT2D eigenvalue weighted by atomic mass is 16.4. The summed E-state index contributed by atoms with van der Waals surface area (Å²) in [5, 5.41) is 8.83. The van der Waals surface area contributed by atoms with Gasteiger partial charge in [0.25, 0.3) is 0 Å². The van der Waals surface area contributed by atoms with Crippen LogP contribution >= 0.6 is 0 Å². The number of hydrogen-bond acceptors (Lipinski definition) is 3. The van der Waals surface area contributed by atoms with Gasteiger partial charge in [0.15, 0.2) is 0 Å². The summed E-state index contributed by atoms with van der Waals surface area (Å²) in [6.07, 6.45) is 0. The first-order valence-electron chi connectivity index (χ1n) is 4.73. The van der Waals surface area contributed by atoms with Gasteiger partial charge in [-0.1, -0.05) is 0 Å². The van der Waals surface area contributed by atoms with Crippen LogP contribution in [0.15, 0.2) is 23.0 Å². The number of amides is 1. The SMILES string of the molecule is NC(=O)Cn1c(=O)[nH]c2ccc(C(=O)O)cc21. The lowest BCUT2D eigenvalue weighted by Gasteiger charge is -2.00. The average Bonchev–Trinajstić information content (AvgIpc) is 2.54. The minimum absolute atomic E-state index is 0.0368. The van der Waals surface area contributed by atoms with Crippen molar-refractivity contribution < 1.29 is 14.7 Å². The second-order valence-corrected chi connectivity index (χ2v) is 3.52. The van der Waals surface area contributed by atoms with Gasteiger partial charge in [0, 0.05) is 0 Å². The average molecular weight is 235 g/mol. The van der Waals surface area contributed by atoms with Crippen molar-refractivity contribution in [1.82, 2.24) is 9.55 Å². The van der Waals surface area contributed by atoms with Crippen LogP contribution in [0.1, 0.15) is 10.4 Å². The molecule has 0 aliphatic rings. The fourth-order valence-electron chi connectivity index (χ4n) is 1.60. The van der Waals surface area contributed by atoms with E-state index in [1.807, 2.05) is 0 Å². The van der Waals surface area contributed by atoms with Crippen LogP contribution in [-0.2, 0) is 11.3 Å². The summed E-state index contributed by atoms with van der Waals surface area (Å²) in [5.41, 5.74) is 5.35. The highest BCUT2D eigenvalue weighted by Gasteiger charge is 2.11. The quantitative estimate of drug-likeness (QED) is 0.665. The third-order valence-corrected chi connectivity index (χ3v) is 2.34.